The quantitative estimate of drug-likeness (QED) is 0.559. The van der Waals surface area contributed by atoms with Crippen LogP contribution in [0.4, 0.5) is 4.79 Å². The van der Waals surface area contributed by atoms with Crippen LogP contribution in [0.1, 0.15) is 40.5 Å². The van der Waals surface area contributed by atoms with Gasteiger partial charge in [0.1, 0.15) is 11.9 Å². The normalized spacial score (nSPS) is 16.6. The number of rotatable bonds is 2. The first-order chi connectivity index (χ1) is 13.5. The van der Waals surface area contributed by atoms with Gasteiger partial charge in [-0.2, -0.15) is 0 Å². The largest absolute Gasteiger partial charge is 0.444 e. The predicted octanol–water partition coefficient (Wildman–Crippen LogP) is 4.99. The van der Waals surface area contributed by atoms with Gasteiger partial charge in [-0.1, -0.05) is 11.6 Å². The number of benzene rings is 1. The Morgan fingerprint density at radius 2 is 1.86 bits per heavy atom. The highest BCUT2D eigenvalue weighted by Gasteiger charge is 2.41. The first-order valence-corrected chi connectivity index (χ1v) is 10.5. The summed E-state index contributed by atoms with van der Waals surface area (Å²) in [6, 6.07) is 3.41. The van der Waals surface area contributed by atoms with E-state index in [1.165, 1.54) is 6.33 Å². The van der Waals surface area contributed by atoms with E-state index in [2.05, 4.69) is 25.9 Å². The van der Waals surface area contributed by atoms with Crippen LogP contribution in [-0.4, -0.2) is 45.6 Å². The lowest BCUT2D eigenvalue weighted by Crippen LogP contribution is -2.47. The zero-order valence-corrected chi connectivity index (χ0v) is 19.1. The second kappa shape index (κ2) is 8.07. The lowest BCUT2D eigenvalue weighted by atomic mass is 9.80. The molecule has 0 spiro atoms. The summed E-state index contributed by atoms with van der Waals surface area (Å²) < 4.78 is 11.7. The number of likely N-dealkylation sites (tertiary alicyclic amines) is 1. The van der Waals surface area contributed by atoms with E-state index in [-0.39, 0.29) is 17.9 Å². The Bertz CT molecular complexity index is 953. The summed E-state index contributed by atoms with van der Waals surface area (Å²) in [5.41, 5.74) is -0.692. The number of aromatic nitrogens is 2. The molecular weight excluding hydrogens is 462 g/mol. The molecule has 0 aliphatic carbocycles. The zero-order chi connectivity index (χ0) is 21.4. The van der Waals surface area contributed by atoms with Crippen molar-refractivity contribution in [2.45, 2.75) is 46.1 Å². The van der Waals surface area contributed by atoms with Crippen molar-refractivity contribution < 1.29 is 19.1 Å². The molecule has 1 amide bonds. The van der Waals surface area contributed by atoms with Crippen LogP contribution in [0.5, 0.6) is 5.88 Å². The number of hydrogen-bond donors (Lipinski definition) is 0. The fourth-order valence-corrected chi connectivity index (χ4v) is 3.53. The molecule has 0 unspecified atom stereocenters. The minimum Gasteiger partial charge on any atom is -0.444 e. The van der Waals surface area contributed by atoms with Gasteiger partial charge in [0, 0.05) is 17.6 Å². The van der Waals surface area contributed by atoms with Gasteiger partial charge >= 0.3 is 12.1 Å². The monoisotopic (exact) mass is 483 g/mol. The maximum absolute atomic E-state index is 12.9. The SMILES string of the molecule is CC(C)(C)OC(=O)N1CCC(C)(C(=O)Oc2ncnc3cc(Cl)c(Br)cc23)CC1. The Labute approximate surface area is 182 Å². The summed E-state index contributed by atoms with van der Waals surface area (Å²) in [5, 5.41) is 1.10. The van der Waals surface area contributed by atoms with E-state index >= 15 is 0 Å². The number of hydrogen-bond acceptors (Lipinski definition) is 6. The molecule has 3 rings (SSSR count). The van der Waals surface area contributed by atoms with Crippen molar-refractivity contribution in [1.82, 2.24) is 14.9 Å². The second-order valence-corrected chi connectivity index (χ2v) is 9.64. The minimum absolute atomic E-state index is 0.188. The number of ether oxygens (including phenoxy) is 2. The number of piperidine rings is 1. The average Bonchev–Trinajstić information content (AvgIpc) is 2.62. The van der Waals surface area contributed by atoms with Gasteiger partial charge < -0.3 is 14.4 Å². The van der Waals surface area contributed by atoms with Crippen LogP contribution in [0.15, 0.2) is 22.9 Å². The van der Waals surface area contributed by atoms with E-state index < -0.39 is 11.0 Å². The third-order valence-electron chi connectivity index (χ3n) is 4.84. The molecule has 1 aromatic heterocycles. The molecule has 2 aromatic rings. The molecule has 1 saturated heterocycles. The molecule has 2 heterocycles. The van der Waals surface area contributed by atoms with Crippen LogP contribution < -0.4 is 4.74 Å². The van der Waals surface area contributed by atoms with E-state index in [4.69, 9.17) is 21.1 Å². The molecule has 1 aliphatic heterocycles. The molecule has 0 N–H and O–H groups in total. The predicted molar refractivity (Wildman–Crippen MR) is 113 cm³/mol. The van der Waals surface area contributed by atoms with Crippen molar-refractivity contribution in [1.29, 1.82) is 0 Å². The number of carbonyl (C=O) groups excluding carboxylic acids is 2. The standard InChI is InChI=1S/C20H23BrClN3O4/c1-19(2,3)29-18(27)25-7-5-20(4,6-8-25)17(26)28-16-12-9-13(21)14(22)10-15(12)23-11-24-16/h9-11H,5-8H2,1-4H3. The lowest BCUT2D eigenvalue weighted by molar-refractivity contribution is -0.147. The van der Waals surface area contributed by atoms with E-state index in [1.807, 2.05) is 27.7 Å². The summed E-state index contributed by atoms with van der Waals surface area (Å²) in [7, 11) is 0. The van der Waals surface area contributed by atoms with Gasteiger partial charge in [-0.25, -0.2) is 14.8 Å². The molecule has 29 heavy (non-hydrogen) atoms. The van der Waals surface area contributed by atoms with E-state index in [1.54, 1.807) is 17.0 Å². The minimum atomic E-state index is -0.723. The number of carbonyl (C=O) groups is 2. The van der Waals surface area contributed by atoms with Gasteiger partial charge in [0.05, 0.1) is 21.3 Å². The van der Waals surface area contributed by atoms with E-state index in [0.717, 1.165) is 0 Å². The highest BCUT2D eigenvalue weighted by molar-refractivity contribution is 9.10. The van der Waals surface area contributed by atoms with Crippen LogP contribution in [-0.2, 0) is 9.53 Å². The van der Waals surface area contributed by atoms with Crippen LogP contribution in [0, 0.1) is 5.41 Å². The van der Waals surface area contributed by atoms with Gasteiger partial charge in [-0.3, -0.25) is 4.79 Å². The molecule has 1 aromatic carbocycles. The fourth-order valence-electron chi connectivity index (χ4n) is 3.03. The molecule has 1 fully saturated rings. The van der Waals surface area contributed by atoms with Crippen LogP contribution >= 0.6 is 27.5 Å². The zero-order valence-electron chi connectivity index (χ0n) is 16.8. The fraction of sp³-hybridized carbons (Fsp3) is 0.500. The number of halogens is 2. The lowest BCUT2D eigenvalue weighted by Gasteiger charge is -2.37. The molecule has 1 aliphatic rings. The third-order valence-corrected chi connectivity index (χ3v) is 6.04. The van der Waals surface area contributed by atoms with Crippen molar-refractivity contribution in [3.05, 3.63) is 28.0 Å². The molecule has 0 atom stereocenters. The van der Waals surface area contributed by atoms with Gasteiger partial charge in [0.2, 0.25) is 5.88 Å². The molecule has 0 saturated carbocycles. The molecule has 7 nitrogen and oxygen atoms in total. The van der Waals surface area contributed by atoms with Crippen LogP contribution in [0.3, 0.4) is 0 Å². The van der Waals surface area contributed by atoms with Crippen molar-refractivity contribution in [3.8, 4) is 5.88 Å². The number of esters is 1. The Morgan fingerprint density at radius 1 is 1.21 bits per heavy atom. The summed E-state index contributed by atoms with van der Waals surface area (Å²) in [6.07, 6.45) is 1.92. The second-order valence-electron chi connectivity index (χ2n) is 8.38. The van der Waals surface area contributed by atoms with Gasteiger partial charge in [0.25, 0.3) is 0 Å². The van der Waals surface area contributed by atoms with Crippen molar-refractivity contribution >= 4 is 50.5 Å². The topological polar surface area (TPSA) is 81.6 Å². The summed E-state index contributed by atoms with van der Waals surface area (Å²) in [6.45, 7) is 8.17. The Balaban J connectivity index is 1.71. The third kappa shape index (κ3) is 4.98. The summed E-state index contributed by atoms with van der Waals surface area (Å²) in [5.74, 6) is -0.194. The highest BCUT2D eigenvalue weighted by Crippen LogP contribution is 2.35. The van der Waals surface area contributed by atoms with Crippen molar-refractivity contribution in [2.24, 2.45) is 5.41 Å². The Morgan fingerprint density at radius 3 is 2.48 bits per heavy atom. The number of amides is 1. The maximum atomic E-state index is 12.9. The number of nitrogens with zero attached hydrogens (tertiary/aromatic N) is 3. The molecule has 156 valence electrons. The molecule has 0 radical (unpaired) electrons. The number of fused-ring (bicyclic) bond motifs is 1. The Hall–Kier alpha value is -1.93. The van der Waals surface area contributed by atoms with Crippen molar-refractivity contribution in [3.63, 3.8) is 0 Å². The molecule has 0 bridgehead atoms. The van der Waals surface area contributed by atoms with Crippen LogP contribution in [0.25, 0.3) is 10.9 Å². The molecule has 9 heteroatoms. The summed E-state index contributed by atoms with van der Waals surface area (Å²) in [4.78, 5) is 35.1. The van der Waals surface area contributed by atoms with Gasteiger partial charge in [-0.05, 0) is 68.6 Å². The molecular formula is C20H23BrClN3O4. The van der Waals surface area contributed by atoms with Gasteiger partial charge in [-0.15, -0.1) is 0 Å². The van der Waals surface area contributed by atoms with E-state index in [9.17, 15) is 9.59 Å². The highest BCUT2D eigenvalue weighted by atomic mass is 79.9. The first kappa shape index (κ1) is 21.8. The smallest absolute Gasteiger partial charge is 0.410 e. The van der Waals surface area contributed by atoms with Crippen LogP contribution in [0.2, 0.25) is 5.02 Å². The van der Waals surface area contributed by atoms with Gasteiger partial charge in [0.15, 0.2) is 0 Å². The van der Waals surface area contributed by atoms with E-state index in [0.29, 0.717) is 46.3 Å². The summed E-state index contributed by atoms with van der Waals surface area (Å²) >= 11 is 9.48. The average molecular weight is 485 g/mol. The maximum Gasteiger partial charge on any atom is 0.410 e. The van der Waals surface area contributed by atoms with Crippen molar-refractivity contribution in [2.75, 3.05) is 13.1 Å². The first-order valence-electron chi connectivity index (χ1n) is 9.28. The Kier molecular flexibility index (Phi) is 6.06.